The van der Waals surface area contributed by atoms with E-state index in [1.165, 1.54) is 18.7 Å². The van der Waals surface area contributed by atoms with Crippen LogP contribution in [-0.2, 0) is 28.5 Å². The summed E-state index contributed by atoms with van der Waals surface area (Å²) in [6, 6.07) is 9.69. The van der Waals surface area contributed by atoms with Crippen molar-refractivity contribution in [2.24, 2.45) is 5.41 Å². The standard InChI is InChI=1S/C21H28O6S/c1-6-24-18-12-16(26-14(2)22)19(28-15-10-8-7-9-11-15)17(27-18)13-25-20(23)21(3,4)5/h7-11,16,18H,6,12-13H2,1-5H3/t16-,18+/m1/s1. The fourth-order valence-corrected chi connectivity index (χ4v) is 3.55. The molecule has 0 amide bonds. The Morgan fingerprint density at radius 3 is 2.46 bits per heavy atom. The molecule has 7 heteroatoms. The molecule has 1 aromatic carbocycles. The molecule has 0 saturated heterocycles. The summed E-state index contributed by atoms with van der Waals surface area (Å²) in [6.45, 7) is 9.00. The van der Waals surface area contributed by atoms with Gasteiger partial charge in [-0.15, -0.1) is 0 Å². The van der Waals surface area contributed by atoms with Gasteiger partial charge in [-0.2, -0.15) is 0 Å². The van der Waals surface area contributed by atoms with Crippen LogP contribution in [0.5, 0.6) is 0 Å². The van der Waals surface area contributed by atoms with Gasteiger partial charge < -0.3 is 18.9 Å². The van der Waals surface area contributed by atoms with Crippen LogP contribution in [0.1, 0.15) is 41.0 Å². The van der Waals surface area contributed by atoms with Gasteiger partial charge in [-0.25, -0.2) is 0 Å². The molecule has 1 aliphatic rings. The van der Waals surface area contributed by atoms with Crippen LogP contribution in [0.15, 0.2) is 45.9 Å². The fraction of sp³-hybridized carbons (Fsp3) is 0.524. The van der Waals surface area contributed by atoms with Crippen molar-refractivity contribution >= 4 is 23.7 Å². The van der Waals surface area contributed by atoms with Crippen LogP contribution in [0.3, 0.4) is 0 Å². The zero-order valence-electron chi connectivity index (χ0n) is 17.0. The summed E-state index contributed by atoms with van der Waals surface area (Å²) in [4.78, 5) is 25.5. The second kappa shape index (κ2) is 9.98. The molecule has 0 fully saturated rings. The zero-order valence-corrected chi connectivity index (χ0v) is 17.8. The molecule has 6 nitrogen and oxygen atoms in total. The number of ether oxygens (including phenoxy) is 4. The highest BCUT2D eigenvalue weighted by atomic mass is 32.2. The summed E-state index contributed by atoms with van der Waals surface area (Å²) in [5, 5.41) is 0. The lowest BCUT2D eigenvalue weighted by Crippen LogP contribution is -2.35. The Bertz CT molecular complexity index is 707. The topological polar surface area (TPSA) is 71.1 Å². The van der Waals surface area contributed by atoms with Crippen molar-refractivity contribution in [1.29, 1.82) is 0 Å². The maximum atomic E-state index is 12.2. The molecule has 1 heterocycles. The molecule has 0 aromatic heterocycles. The molecule has 0 spiro atoms. The maximum Gasteiger partial charge on any atom is 0.311 e. The van der Waals surface area contributed by atoms with Crippen molar-refractivity contribution in [2.45, 2.75) is 58.3 Å². The third kappa shape index (κ3) is 6.56. The number of rotatable bonds is 7. The Labute approximate surface area is 170 Å². The number of esters is 2. The van der Waals surface area contributed by atoms with Crippen LogP contribution < -0.4 is 0 Å². The molecule has 0 radical (unpaired) electrons. The molecule has 0 N–H and O–H groups in total. The van der Waals surface area contributed by atoms with Crippen molar-refractivity contribution in [3.63, 3.8) is 0 Å². The molecule has 0 saturated carbocycles. The van der Waals surface area contributed by atoms with E-state index < -0.39 is 17.8 Å². The molecule has 28 heavy (non-hydrogen) atoms. The number of hydrogen-bond donors (Lipinski definition) is 0. The number of carbonyl (C=O) groups is 2. The number of benzene rings is 1. The average Bonchev–Trinajstić information content (AvgIpc) is 2.62. The van der Waals surface area contributed by atoms with Gasteiger partial charge in [-0.1, -0.05) is 30.0 Å². The van der Waals surface area contributed by atoms with Gasteiger partial charge >= 0.3 is 11.9 Å². The van der Waals surface area contributed by atoms with E-state index >= 15 is 0 Å². The highest BCUT2D eigenvalue weighted by Crippen LogP contribution is 2.39. The van der Waals surface area contributed by atoms with E-state index in [1.54, 1.807) is 20.8 Å². The fourth-order valence-electron chi connectivity index (χ4n) is 2.51. The van der Waals surface area contributed by atoms with Gasteiger partial charge in [0.05, 0.1) is 16.7 Å². The number of carbonyl (C=O) groups excluding carboxylic acids is 2. The Balaban J connectivity index is 2.33. The summed E-state index contributed by atoms with van der Waals surface area (Å²) >= 11 is 1.43. The third-order valence-corrected chi connectivity index (χ3v) is 5.04. The highest BCUT2D eigenvalue weighted by molar-refractivity contribution is 8.03. The van der Waals surface area contributed by atoms with Gasteiger partial charge in [-0.3, -0.25) is 9.59 Å². The average molecular weight is 409 g/mol. The summed E-state index contributed by atoms with van der Waals surface area (Å²) in [5.41, 5.74) is -0.628. The van der Waals surface area contributed by atoms with Gasteiger partial charge in [0.25, 0.3) is 0 Å². The van der Waals surface area contributed by atoms with E-state index in [9.17, 15) is 9.59 Å². The van der Waals surface area contributed by atoms with Crippen LogP contribution in [0.25, 0.3) is 0 Å². The number of thioether (sulfide) groups is 1. The summed E-state index contributed by atoms with van der Waals surface area (Å²) in [7, 11) is 0. The summed E-state index contributed by atoms with van der Waals surface area (Å²) in [6.07, 6.45) is -0.728. The van der Waals surface area contributed by atoms with Crippen molar-refractivity contribution in [3.05, 3.63) is 41.0 Å². The van der Waals surface area contributed by atoms with Crippen LogP contribution in [0.4, 0.5) is 0 Å². The zero-order chi connectivity index (χ0) is 20.7. The molecule has 1 aromatic rings. The second-order valence-electron chi connectivity index (χ2n) is 7.37. The van der Waals surface area contributed by atoms with E-state index in [2.05, 4.69) is 0 Å². The van der Waals surface area contributed by atoms with Crippen LogP contribution in [0, 0.1) is 5.41 Å². The summed E-state index contributed by atoms with van der Waals surface area (Å²) in [5.74, 6) is -0.281. The van der Waals surface area contributed by atoms with Gasteiger partial charge in [0.2, 0.25) is 6.29 Å². The lowest BCUT2D eigenvalue weighted by atomic mass is 9.97. The second-order valence-corrected chi connectivity index (χ2v) is 8.48. The van der Waals surface area contributed by atoms with E-state index in [0.29, 0.717) is 23.7 Å². The monoisotopic (exact) mass is 408 g/mol. The van der Waals surface area contributed by atoms with Gasteiger partial charge in [0.1, 0.15) is 12.7 Å². The van der Waals surface area contributed by atoms with Gasteiger partial charge in [0.15, 0.2) is 5.76 Å². The number of hydrogen-bond acceptors (Lipinski definition) is 7. The largest absolute Gasteiger partial charge is 0.464 e. The minimum atomic E-state index is -0.628. The minimum Gasteiger partial charge on any atom is -0.464 e. The Kier molecular flexibility index (Phi) is 7.95. The van der Waals surface area contributed by atoms with Crippen LogP contribution >= 0.6 is 11.8 Å². The molecular weight excluding hydrogens is 380 g/mol. The minimum absolute atomic E-state index is 0.0490. The van der Waals surface area contributed by atoms with Crippen molar-refractivity contribution in [2.75, 3.05) is 13.2 Å². The first-order valence-electron chi connectivity index (χ1n) is 9.29. The quantitative estimate of drug-likeness (QED) is 0.623. The van der Waals surface area contributed by atoms with Crippen molar-refractivity contribution in [3.8, 4) is 0 Å². The predicted molar refractivity (Wildman–Crippen MR) is 106 cm³/mol. The Morgan fingerprint density at radius 1 is 1.21 bits per heavy atom. The van der Waals surface area contributed by atoms with Crippen LogP contribution in [0.2, 0.25) is 0 Å². The SMILES string of the molecule is CCO[C@@H]1C[C@@H](OC(C)=O)C(Sc2ccccc2)=C(COC(=O)C(C)(C)C)O1. The maximum absolute atomic E-state index is 12.2. The van der Waals surface area contributed by atoms with Crippen LogP contribution in [-0.4, -0.2) is 37.5 Å². The van der Waals surface area contributed by atoms with E-state index in [0.717, 1.165) is 4.90 Å². The molecule has 2 rings (SSSR count). The highest BCUT2D eigenvalue weighted by Gasteiger charge is 2.35. The molecule has 154 valence electrons. The smallest absolute Gasteiger partial charge is 0.311 e. The normalized spacial score (nSPS) is 19.8. The molecule has 0 aliphatic carbocycles. The lowest BCUT2D eigenvalue weighted by Gasteiger charge is -2.33. The molecular formula is C21H28O6S. The van der Waals surface area contributed by atoms with E-state index in [4.69, 9.17) is 18.9 Å². The van der Waals surface area contributed by atoms with E-state index in [1.807, 2.05) is 37.3 Å². The predicted octanol–water partition coefficient (Wildman–Crippen LogP) is 4.29. The summed E-state index contributed by atoms with van der Waals surface area (Å²) < 4.78 is 22.6. The van der Waals surface area contributed by atoms with Gasteiger partial charge in [-0.05, 0) is 39.8 Å². The molecule has 1 aliphatic heterocycles. The molecule has 0 unspecified atom stereocenters. The molecule has 2 atom stereocenters. The first kappa shape index (κ1) is 22.3. The molecule has 0 bridgehead atoms. The van der Waals surface area contributed by atoms with Gasteiger partial charge in [0, 0.05) is 18.4 Å². The first-order chi connectivity index (χ1) is 13.2. The van der Waals surface area contributed by atoms with E-state index in [-0.39, 0.29) is 18.5 Å². The Morgan fingerprint density at radius 2 is 1.89 bits per heavy atom. The first-order valence-corrected chi connectivity index (χ1v) is 10.1. The van der Waals surface area contributed by atoms with Crippen molar-refractivity contribution in [1.82, 2.24) is 0 Å². The lowest BCUT2D eigenvalue weighted by molar-refractivity contribution is -0.169. The van der Waals surface area contributed by atoms with Crippen molar-refractivity contribution < 1.29 is 28.5 Å². The third-order valence-electron chi connectivity index (χ3n) is 3.83. The Hall–Kier alpha value is -1.99.